The smallest absolute Gasteiger partial charge is 0.371 e. The molecule has 0 saturated carbocycles. The third kappa shape index (κ3) is 2.42. The van der Waals surface area contributed by atoms with Gasteiger partial charge in [0.15, 0.2) is 0 Å². The summed E-state index contributed by atoms with van der Waals surface area (Å²) in [4.78, 5) is 10.7. The summed E-state index contributed by atoms with van der Waals surface area (Å²) < 4.78 is 6.28. The number of carbonyl (C=O) groups is 1. The Morgan fingerprint density at radius 3 is 2.59 bits per heavy atom. The molecule has 0 aliphatic heterocycles. The van der Waals surface area contributed by atoms with Gasteiger partial charge in [-0.15, -0.1) is 0 Å². The molecule has 3 nitrogen and oxygen atoms in total. The van der Waals surface area contributed by atoms with Crippen LogP contribution in [0.5, 0.6) is 0 Å². The number of halogens is 1. The highest BCUT2D eigenvalue weighted by molar-refractivity contribution is 9.10. The summed E-state index contributed by atoms with van der Waals surface area (Å²) in [6.07, 6.45) is 0. The van der Waals surface area contributed by atoms with Gasteiger partial charge in [-0.05, 0) is 23.8 Å². The molecule has 1 unspecified atom stereocenters. The molecule has 4 heteroatoms. The number of hydrogen-bond donors (Lipinski definition) is 1. The number of furan rings is 1. The van der Waals surface area contributed by atoms with E-state index < -0.39 is 5.97 Å². The van der Waals surface area contributed by atoms with Crippen LogP contribution in [0, 0.1) is 0 Å². The summed E-state index contributed by atoms with van der Waals surface area (Å²) in [5, 5.41) is 8.80. The second kappa shape index (κ2) is 4.75. The third-order valence-electron chi connectivity index (χ3n) is 2.64. The molecule has 17 heavy (non-hydrogen) atoms. The first-order chi connectivity index (χ1) is 8.09. The van der Waals surface area contributed by atoms with Crippen LogP contribution < -0.4 is 0 Å². The van der Waals surface area contributed by atoms with E-state index in [2.05, 4.69) is 15.9 Å². The van der Waals surface area contributed by atoms with Gasteiger partial charge in [0.05, 0.1) is 0 Å². The van der Waals surface area contributed by atoms with E-state index in [0.717, 1.165) is 10.0 Å². The normalized spacial score (nSPS) is 12.4. The van der Waals surface area contributed by atoms with E-state index in [1.165, 1.54) is 6.07 Å². The number of carboxylic acid groups (broad SMARTS) is 1. The molecule has 0 saturated heterocycles. The largest absolute Gasteiger partial charge is 0.475 e. The van der Waals surface area contributed by atoms with Crippen molar-refractivity contribution in [2.75, 3.05) is 0 Å². The fourth-order valence-electron chi connectivity index (χ4n) is 1.68. The Morgan fingerprint density at radius 2 is 2.00 bits per heavy atom. The summed E-state index contributed by atoms with van der Waals surface area (Å²) in [6, 6.07) is 11.0. The van der Waals surface area contributed by atoms with Crippen LogP contribution in [0.25, 0.3) is 0 Å². The number of carboxylic acids is 1. The van der Waals surface area contributed by atoms with Gasteiger partial charge in [0, 0.05) is 10.4 Å². The molecule has 1 heterocycles. The molecule has 88 valence electrons. The molecule has 0 amide bonds. The van der Waals surface area contributed by atoms with Crippen molar-refractivity contribution in [2.45, 2.75) is 12.8 Å². The maximum absolute atomic E-state index is 10.7. The molecule has 0 aliphatic rings. The zero-order chi connectivity index (χ0) is 12.4. The van der Waals surface area contributed by atoms with E-state index in [9.17, 15) is 4.79 Å². The summed E-state index contributed by atoms with van der Waals surface area (Å²) in [7, 11) is 0. The molecule has 1 atom stereocenters. The summed E-state index contributed by atoms with van der Waals surface area (Å²) >= 11 is 3.47. The lowest BCUT2D eigenvalue weighted by Crippen LogP contribution is -1.96. The number of hydrogen-bond acceptors (Lipinski definition) is 2. The zero-order valence-electron chi connectivity index (χ0n) is 9.18. The Kier molecular flexibility index (Phi) is 3.33. The van der Waals surface area contributed by atoms with Crippen molar-refractivity contribution in [3.05, 3.63) is 58.0 Å². The maximum Gasteiger partial charge on any atom is 0.371 e. The SMILES string of the molecule is CC(c1ccc(C(=O)O)o1)c1ccccc1Br. The van der Waals surface area contributed by atoms with Gasteiger partial charge in [-0.2, -0.15) is 0 Å². The fraction of sp³-hybridized carbons (Fsp3) is 0.154. The van der Waals surface area contributed by atoms with Crippen molar-refractivity contribution in [2.24, 2.45) is 0 Å². The highest BCUT2D eigenvalue weighted by atomic mass is 79.9. The highest BCUT2D eigenvalue weighted by Gasteiger charge is 2.17. The minimum atomic E-state index is -1.05. The number of rotatable bonds is 3. The molecule has 1 aromatic heterocycles. The minimum absolute atomic E-state index is 0.0127. The van der Waals surface area contributed by atoms with Crippen LogP contribution in [0.4, 0.5) is 0 Å². The van der Waals surface area contributed by atoms with Crippen LogP contribution in [-0.4, -0.2) is 11.1 Å². The third-order valence-corrected chi connectivity index (χ3v) is 3.36. The first kappa shape index (κ1) is 11.9. The van der Waals surface area contributed by atoms with Gasteiger partial charge >= 0.3 is 5.97 Å². The van der Waals surface area contributed by atoms with E-state index in [0.29, 0.717) is 5.76 Å². The van der Waals surface area contributed by atoms with Gasteiger partial charge in [-0.3, -0.25) is 0 Å². The lowest BCUT2D eigenvalue weighted by Gasteiger charge is -2.10. The molecular weight excluding hydrogens is 284 g/mol. The van der Waals surface area contributed by atoms with Crippen LogP contribution in [0.3, 0.4) is 0 Å². The maximum atomic E-state index is 10.7. The highest BCUT2D eigenvalue weighted by Crippen LogP contribution is 2.30. The van der Waals surface area contributed by atoms with E-state index in [1.54, 1.807) is 6.07 Å². The molecule has 2 rings (SSSR count). The van der Waals surface area contributed by atoms with Crippen molar-refractivity contribution < 1.29 is 14.3 Å². The van der Waals surface area contributed by atoms with Gasteiger partial charge < -0.3 is 9.52 Å². The van der Waals surface area contributed by atoms with Gasteiger partial charge in [-0.1, -0.05) is 41.1 Å². The van der Waals surface area contributed by atoms with Crippen LogP contribution in [-0.2, 0) is 0 Å². The van der Waals surface area contributed by atoms with Crippen molar-refractivity contribution in [1.82, 2.24) is 0 Å². The summed E-state index contributed by atoms with van der Waals surface area (Å²) in [5.74, 6) is -0.414. The van der Waals surface area contributed by atoms with E-state index >= 15 is 0 Å². The van der Waals surface area contributed by atoms with E-state index in [-0.39, 0.29) is 11.7 Å². The predicted octanol–water partition coefficient (Wildman–Crippen LogP) is 3.89. The fourth-order valence-corrected chi connectivity index (χ4v) is 2.31. The van der Waals surface area contributed by atoms with Crippen molar-refractivity contribution >= 4 is 21.9 Å². The molecule has 1 N–H and O–H groups in total. The average molecular weight is 295 g/mol. The van der Waals surface area contributed by atoms with E-state index in [1.807, 2.05) is 31.2 Å². The Morgan fingerprint density at radius 1 is 1.29 bits per heavy atom. The number of benzene rings is 1. The monoisotopic (exact) mass is 294 g/mol. The van der Waals surface area contributed by atoms with Crippen LogP contribution in [0.1, 0.15) is 34.7 Å². The lowest BCUT2D eigenvalue weighted by atomic mass is 9.99. The van der Waals surface area contributed by atoms with Gasteiger partial charge in [0.1, 0.15) is 5.76 Å². The van der Waals surface area contributed by atoms with Gasteiger partial charge in [0.25, 0.3) is 0 Å². The zero-order valence-corrected chi connectivity index (χ0v) is 10.8. The lowest BCUT2D eigenvalue weighted by molar-refractivity contribution is 0.0660. The predicted molar refractivity (Wildman–Crippen MR) is 67.3 cm³/mol. The molecule has 0 fully saturated rings. The topological polar surface area (TPSA) is 50.4 Å². The Bertz CT molecular complexity index is 545. The molecule has 0 aliphatic carbocycles. The molecule has 0 radical (unpaired) electrons. The van der Waals surface area contributed by atoms with Crippen LogP contribution in [0.15, 0.2) is 45.3 Å². The van der Waals surface area contributed by atoms with Crippen molar-refractivity contribution in [3.8, 4) is 0 Å². The van der Waals surface area contributed by atoms with Gasteiger partial charge in [-0.25, -0.2) is 4.79 Å². The molecule has 0 spiro atoms. The van der Waals surface area contributed by atoms with E-state index in [4.69, 9.17) is 9.52 Å². The minimum Gasteiger partial charge on any atom is -0.475 e. The molecule has 2 aromatic rings. The number of aromatic carboxylic acids is 1. The Hall–Kier alpha value is -1.55. The standard InChI is InChI=1S/C13H11BrO3/c1-8(9-4-2-3-5-10(9)14)11-6-7-12(17-11)13(15)16/h2-8H,1H3,(H,15,16). The molecular formula is C13H11BrO3. The Balaban J connectivity index is 2.34. The first-order valence-corrected chi connectivity index (χ1v) is 5.96. The Labute approximate surface area is 107 Å². The van der Waals surface area contributed by atoms with Crippen molar-refractivity contribution in [1.29, 1.82) is 0 Å². The molecule has 0 bridgehead atoms. The quantitative estimate of drug-likeness (QED) is 0.934. The van der Waals surface area contributed by atoms with Crippen LogP contribution >= 0.6 is 15.9 Å². The average Bonchev–Trinajstić information content (AvgIpc) is 2.78. The summed E-state index contributed by atoms with van der Waals surface area (Å²) in [5.41, 5.74) is 1.07. The second-order valence-corrected chi connectivity index (χ2v) is 4.60. The van der Waals surface area contributed by atoms with Crippen LogP contribution in [0.2, 0.25) is 0 Å². The molecule has 1 aromatic carbocycles. The van der Waals surface area contributed by atoms with Crippen molar-refractivity contribution in [3.63, 3.8) is 0 Å². The summed E-state index contributed by atoms with van der Waals surface area (Å²) in [6.45, 7) is 1.98. The first-order valence-electron chi connectivity index (χ1n) is 5.17. The second-order valence-electron chi connectivity index (χ2n) is 3.75. The van der Waals surface area contributed by atoms with Gasteiger partial charge in [0.2, 0.25) is 5.76 Å².